The molecule has 0 rings (SSSR count). The number of nitro groups is 3. The topological polar surface area (TPSA) is 167 Å². The fourth-order valence-corrected chi connectivity index (χ4v) is 0.531. The van der Waals surface area contributed by atoms with Crippen molar-refractivity contribution in [2.24, 2.45) is 5.84 Å². The quantitative estimate of drug-likeness (QED) is 0.218. The molecule has 0 heterocycles. The summed E-state index contributed by atoms with van der Waals surface area (Å²) in [5.74, 6) is 1.05. The van der Waals surface area contributed by atoms with Crippen molar-refractivity contribution in [3.8, 4) is 0 Å². The van der Waals surface area contributed by atoms with Crippen molar-refractivity contribution in [3.05, 3.63) is 30.3 Å². The Morgan fingerprint density at radius 3 is 1.46 bits per heavy atom. The van der Waals surface area contributed by atoms with Crippen LogP contribution in [-0.2, 0) is 0 Å². The maximum Gasteiger partial charge on any atom is 0.713 e. The minimum atomic E-state index is -3.52. The van der Waals surface area contributed by atoms with E-state index in [9.17, 15) is 30.3 Å². The molecule has 0 aromatic heterocycles. The molecule has 0 aliphatic rings. The van der Waals surface area contributed by atoms with Crippen LogP contribution < -0.4 is 11.3 Å². The van der Waals surface area contributed by atoms with Crippen molar-refractivity contribution >= 4 is 0 Å². The fraction of sp³-hybridized carbons (Fsp3) is 1.00. The Morgan fingerprint density at radius 2 is 1.38 bits per heavy atom. The maximum atomic E-state index is 10.1. The Morgan fingerprint density at radius 1 is 1.08 bits per heavy atom. The summed E-state index contributed by atoms with van der Waals surface area (Å²) < 4.78 is 0. The van der Waals surface area contributed by atoms with Gasteiger partial charge in [0, 0.05) is 0 Å². The standard InChI is InChI=1S/C2H5N5O6/c3-4-1-2(5(8)9,6(10)11)7(12)13/h4H,1,3H2. The first-order valence-corrected chi connectivity index (χ1v) is 2.76. The highest BCUT2D eigenvalue weighted by Crippen LogP contribution is 2.10. The zero-order chi connectivity index (χ0) is 10.6. The summed E-state index contributed by atoms with van der Waals surface area (Å²) in [6.45, 7) is -1.19. The van der Waals surface area contributed by atoms with Crippen LogP contribution >= 0.6 is 0 Å². The monoisotopic (exact) mass is 195 g/mol. The Hall–Kier alpha value is -1.88. The van der Waals surface area contributed by atoms with E-state index in [1.807, 2.05) is 0 Å². The molecular formula is C2H5N5O6. The molecule has 74 valence electrons. The van der Waals surface area contributed by atoms with Gasteiger partial charge in [0.15, 0.2) is 14.8 Å². The normalized spacial score (nSPS) is 10.8. The molecule has 0 aromatic carbocycles. The van der Waals surface area contributed by atoms with Gasteiger partial charge in [-0.3, -0.25) is 36.2 Å². The van der Waals surface area contributed by atoms with Crippen molar-refractivity contribution in [2.45, 2.75) is 5.79 Å². The smallest absolute Gasteiger partial charge is 0.271 e. The minimum absolute atomic E-state index is 1.19. The van der Waals surface area contributed by atoms with Gasteiger partial charge >= 0.3 is 5.79 Å². The highest BCUT2D eigenvalue weighted by molar-refractivity contribution is 4.54. The molecule has 0 bridgehead atoms. The van der Waals surface area contributed by atoms with Crippen molar-refractivity contribution in [3.63, 3.8) is 0 Å². The van der Waals surface area contributed by atoms with E-state index in [4.69, 9.17) is 0 Å². The molecule has 0 aliphatic heterocycles. The minimum Gasteiger partial charge on any atom is -0.271 e. The number of nitrogens with two attached hydrogens (primary N) is 1. The first-order valence-electron chi connectivity index (χ1n) is 2.76. The summed E-state index contributed by atoms with van der Waals surface area (Å²) in [4.78, 5) is 25.5. The molecule has 13 heavy (non-hydrogen) atoms. The van der Waals surface area contributed by atoms with Crippen LogP contribution in [0.5, 0.6) is 0 Å². The van der Waals surface area contributed by atoms with E-state index in [1.165, 1.54) is 5.43 Å². The van der Waals surface area contributed by atoms with Crippen LogP contribution in [0, 0.1) is 30.3 Å². The number of nitrogens with zero attached hydrogens (tertiary/aromatic N) is 3. The van der Waals surface area contributed by atoms with Crippen LogP contribution in [0.1, 0.15) is 0 Å². The van der Waals surface area contributed by atoms with E-state index in [1.54, 1.807) is 0 Å². The van der Waals surface area contributed by atoms with Crippen LogP contribution in [0.4, 0.5) is 0 Å². The van der Waals surface area contributed by atoms with Gasteiger partial charge in [-0.05, 0) is 0 Å². The SMILES string of the molecule is NNCC([N+](=O)[O-])([N+](=O)[O-])[N+](=O)[O-]. The van der Waals surface area contributed by atoms with Crippen molar-refractivity contribution in [2.75, 3.05) is 6.54 Å². The highest BCUT2D eigenvalue weighted by atomic mass is 16.7. The van der Waals surface area contributed by atoms with E-state index in [2.05, 4.69) is 5.84 Å². The van der Waals surface area contributed by atoms with Gasteiger partial charge in [-0.15, -0.1) is 0 Å². The molecule has 0 saturated carbocycles. The first-order chi connectivity index (χ1) is 5.89. The predicted octanol–water partition coefficient (Wildman–Crippen LogP) is -2.07. The lowest BCUT2D eigenvalue weighted by atomic mass is 10.4. The summed E-state index contributed by atoms with van der Waals surface area (Å²) in [6.07, 6.45) is 0. The average molecular weight is 195 g/mol. The third kappa shape index (κ3) is 1.65. The molecular weight excluding hydrogens is 190 g/mol. The molecule has 11 heteroatoms. The Balaban J connectivity index is 5.18. The summed E-state index contributed by atoms with van der Waals surface area (Å²) in [5, 5.41) is 30.4. The Bertz CT molecular complexity index is 213. The van der Waals surface area contributed by atoms with Crippen LogP contribution in [0.2, 0.25) is 0 Å². The average Bonchev–Trinajstić information content (AvgIpc) is 1.97. The van der Waals surface area contributed by atoms with E-state index in [0.717, 1.165) is 0 Å². The Labute approximate surface area is 69.9 Å². The molecule has 0 radical (unpaired) electrons. The lowest BCUT2D eigenvalue weighted by Crippen LogP contribution is -2.60. The maximum absolute atomic E-state index is 10.1. The number of hydrazine groups is 1. The van der Waals surface area contributed by atoms with Gasteiger partial charge in [0.25, 0.3) is 0 Å². The van der Waals surface area contributed by atoms with Crippen LogP contribution in [0.3, 0.4) is 0 Å². The lowest BCUT2D eigenvalue weighted by Gasteiger charge is -2.07. The zero-order valence-electron chi connectivity index (χ0n) is 6.08. The third-order valence-electron chi connectivity index (χ3n) is 1.22. The predicted molar refractivity (Wildman–Crippen MR) is 35.9 cm³/mol. The van der Waals surface area contributed by atoms with Gasteiger partial charge < -0.3 is 0 Å². The highest BCUT2D eigenvalue weighted by Gasteiger charge is 2.70. The molecule has 0 unspecified atom stereocenters. The van der Waals surface area contributed by atoms with Crippen molar-refractivity contribution < 1.29 is 14.8 Å². The van der Waals surface area contributed by atoms with Crippen LogP contribution in [0.15, 0.2) is 0 Å². The van der Waals surface area contributed by atoms with Crippen LogP contribution in [-0.4, -0.2) is 27.1 Å². The molecule has 0 atom stereocenters. The summed E-state index contributed by atoms with van der Waals surface area (Å²) in [5.41, 5.74) is 1.53. The van der Waals surface area contributed by atoms with Gasteiger partial charge in [0.05, 0.1) is 0 Å². The molecule has 3 N–H and O–H groups in total. The summed E-state index contributed by atoms with van der Waals surface area (Å²) in [6, 6.07) is 0. The Kier molecular flexibility index (Phi) is 3.15. The number of hydrogen-bond donors (Lipinski definition) is 2. The molecule has 0 amide bonds. The number of nitrogens with one attached hydrogen (secondary N) is 1. The molecule has 0 aromatic rings. The van der Waals surface area contributed by atoms with E-state index in [0.29, 0.717) is 0 Å². The van der Waals surface area contributed by atoms with E-state index >= 15 is 0 Å². The van der Waals surface area contributed by atoms with Gasteiger partial charge in [-0.1, -0.05) is 0 Å². The van der Waals surface area contributed by atoms with E-state index < -0.39 is 27.1 Å². The molecule has 0 fully saturated rings. The zero-order valence-corrected chi connectivity index (χ0v) is 6.08. The second-order valence-electron chi connectivity index (χ2n) is 1.93. The van der Waals surface area contributed by atoms with Crippen molar-refractivity contribution in [1.82, 2.24) is 5.43 Å². The molecule has 0 aliphatic carbocycles. The molecule has 0 saturated heterocycles. The van der Waals surface area contributed by atoms with Gasteiger partial charge in [0.2, 0.25) is 6.54 Å². The largest absolute Gasteiger partial charge is 0.713 e. The molecule has 0 spiro atoms. The second-order valence-corrected chi connectivity index (χ2v) is 1.93. The van der Waals surface area contributed by atoms with Crippen LogP contribution in [0.25, 0.3) is 0 Å². The summed E-state index contributed by atoms with van der Waals surface area (Å²) >= 11 is 0. The van der Waals surface area contributed by atoms with Gasteiger partial charge in [-0.25, -0.2) is 5.43 Å². The number of rotatable bonds is 5. The third-order valence-corrected chi connectivity index (χ3v) is 1.22. The first kappa shape index (κ1) is 11.1. The van der Waals surface area contributed by atoms with Gasteiger partial charge in [-0.2, -0.15) is 0 Å². The fourth-order valence-electron chi connectivity index (χ4n) is 0.531. The molecule has 11 nitrogen and oxygen atoms in total. The van der Waals surface area contributed by atoms with E-state index in [-0.39, 0.29) is 0 Å². The number of hydrogen-bond acceptors (Lipinski definition) is 8. The second kappa shape index (κ2) is 3.68. The lowest BCUT2D eigenvalue weighted by molar-refractivity contribution is -0.966. The van der Waals surface area contributed by atoms with Gasteiger partial charge in [0.1, 0.15) is 0 Å². The summed E-state index contributed by atoms with van der Waals surface area (Å²) in [7, 11) is 0. The van der Waals surface area contributed by atoms with Crippen molar-refractivity contribution in [1.29, 1.82) is 0 Å².